The monoisotopic (exact) mass is 380 g/mol. The fraction of sp³-hybridized carbons (Fsp3) is 0.391. The number of likely N-dealkylation sites (tertiary alicyclic amines) is 1. The Morgan fingerprint density at radius 1 is 1.07 bits per heavy atom. The van der Waals surface area contributed by atoms with Gasteiger partial charge >= 0.3 is 0 Å². The Hall–Kier alpha value is -2.82. The lowest BCUT2D eigenvalue weighted by atomic mass is 10.0. The van der Waals surface area contributed by atoms with E-state index in [1.165, 1.54) is 0 Å². The second-order valence-electron chi connectivity index (χ2n) is 7.13. The maximum Gasteiger partial charge on any atom is 0.229 e. The van der Waals surface area contributed by atoms with Gasteiger partial charge in [0.05, 0.1) is 13.0 Å². The van der Waals surface area contributed by atoms with Gasteiger partial charge in [0.1, 0.15) is 5.75 Å². The van der Waals surface area contributed by atoms with Gasteiger partial charge in [-0.25, -0.2) is 0 Å². The van der Waals surface area contributed by atoms with E-state index in [0.717, 1.165) is 41.0 Å². The van der Waals surface area contributed by atoms with Crippen molar-refractivity contribution in [2.24, 2.45) is 5.92 Å². The molecule has 1 atom stereocenters. The number of ether oxygens (including phenoxy) is 1. The van der Waals surface area contributed by atoms with Gasteiger partial charge in [0.15, 0.2) is 0 Å². The van der Waals surface area contributed by atoms with Crippen molar-refractivity contribution in [1.82, 2.24) is 4.90 Å². The fourth-order valence-corrected chi connectivity index (χ4v) is 3.77. The number of hydrogen-bond acceptors (Lipinski definition) is 3. The summed E-state index contributed by atoms with van der Waals surface area (Å²) in [6.45, 7) is 5.05. The summed E-state index contributed by atoms with van der Waals surface area (Å²) >= 11 is 0. The number of carbonyl (C=O) groups excluding carboxylic acids is 2. The fourth-order valence-electron chi connectivity index (χ4n) is 3.77. The summed E-state index contributed by atoms with van der Waals surface area (Å²) in [7, 11) is 1.62. The Bertz CT molecular complexity index is 840. The zero-order valence-electron chi connectivity index (χ0n) is 16.8. The molecule has 1 fully saturated rings. The Balaban J connectivity index is 1.71. The molecule has 0 aromatic heterocycles. The number of para-hydroxylation sites is 2. The van der Waals surface area contributed by atoms with Crippen molar-refractivity contribution in [1.29, 1.82) is 0 Å². The molecule has 0 bridgehead atoms. The Labute approximate surface area is 166 Å². The number of aryl methyl sites for hydroxylation is 2. The second kappa shape index (κ2) is 8.91. The summed E-state index contributed by atoms with van der Waals surface area (Å²) in [6.07, 6.45) is 1.96. The van der Waals surface area contributed by atoms with Crippen LogP contribution in [0, 0.1) is 5.92 Å². The van der Waals surface area contributed by atoms with Gasteiger partial charge in [-0.15, -0.1) is 0 Å². The summed E-state index contributed by atoms with van der Waals surface area (Å²) in [4.78, 5) is 27.1. The van der Waals surface area contributed by atoms with Crippen molar-refractivity contribution < 1.29 is 14.3 Å². The number of nitrogens with zero attached hydrogens (tertiary/aromatic N) is 1. The molecule has 0 saturated carbocycles. The molecular weight excluding hydrogens is 352 g/mol. The smallest absolute Gasteiger partial charge is 0.229 e. The van der Waals surface area contributed by atoms with E-state index in [4.69, 9.17) is 4.74 Å². The topological polar surface area (TPSA) is 58.6 Å². The molecule has 3 rings (SSSR count). The van der Waals surface area contributed by atoms with Crippen molar-refractivity contribution in [2.45, 2.75) is 39.7 Å². The molecule has 2 aromatic rings. The normalized spacial score (nSPS) is 16.3. The van der Waals surface area contributed by atoms with Gasteiger partial charge in [-0.05, 0) is 30.0 Å². The molecule has 2 aromatic carbocycles. The number of hydrogen-bond donors (Lipinski definition) is 1. The number of rotatable bonds is 7. The first-order valence-corrected chi connectivity index (χ1v) is 9.88. The number of benzene rings is 2. The van der Waals surface area contributed by atoms with Crippen LogP contribution in [0.1, 0.15) is 37.0 Å². The van der Waals surface area contributed by atoms with Crippen LogP contribution in [0.5, 0.6) is 5.75 Å². The van der Waals surface area contributed by atoms with Gasteiger partial charge in [-0.2, -0.15) is 0 Å². The van der Waals surface area contributed by atoms with Crippen LogP contribution in [0.25, 0.3) is 0 Å². The van der Waals surface area contributed by atoms with Crippen LogP contribution in [0.15, 0.2) is 42.5 Å². The van der Waals surface area contributed by atoms with Gasteiger partial charge in [-0.3, -0.25) is 9.59 Å². The molecule has 1 unspecified atom stereocenters. The van der Waals surface area contributed by atoms with Crippen LogP contribution in [0.3, 0.4) is 0 Å². The van der Waals surface area contributed by atoms with E-state index in [1.54, 1.807) is 12.0 Å². The summed E-state index contributed by atoms with van der Waals surface area (Å²) < 4.78 is 5.38. The molecule has 148 valence electrons. The average Bonchev–Trinajstić information content (AvgIpc) is 3.09. The summed E-state index contributed by atoms with van der Waals surface area (Å²) in [5.74, 6) is 0.349. The Morgan fingerprint density at radius 2 is 1.71 bits per heavy atom. The number of anilines is 1. The van der Waals surface area contributed by atoms with Crippen molar-refractivity contribution in [3.63, 3.8) is 0 Å². The van der Waals surface area contributed by atoms with Crippen LogP contribution in [0.4, 0.5) is 5.69 Å². The van der Waals surface area contributed by atoms with Crippen molar-refractivity contribution in [2.75, 3.05) is 19.0 Å². The lowest BCUT2D eigenvalue weighted by Crippen LogP contribution is -2.28. The molecule has 0 radical (unpaired) electrons. The van der Waals surface area contributed by atoms with Crippen molar-refractivity contribution in [3.8, 4) is 5.75 Å². The number of carbonyl (C=O) groups is 2. The number of amides is 2. The lowest BCUT2D eigenvalue weighted by Gasteiger charge is -2.19. The molecule has 5 heteroatoms. The van der Waals surface area contributed by atoms with Gasteiger partial charge < -0.3 is 15.0 Å². The van der Waals surface area contributed by atoms with Crippen LogP contribution in [0.2, 0.25) is 0 Å². The Morgan fingerprint density at radius 3 is 2.36 bits per heavy atom. The minimum Gasteiger partial charge on any atom is -0.496 e. The van der Waals surface area contributed by atoms with Crippen LogP contribution < -0.4 is 10.1 Å². The maximum absolute atomic E-state index is 12.9. The van der Waals surface area contributed by atoms with E-state index in [2.05, 4.69) is 19.2 Å². The zero-order chi connectivity index (χ0) is 20.1. The SMILES string of the molecule is CCc1cccc(CC)c1NC(=O)C1CC(=O)N(Cc2ccccc2OC)C1. The predicted molar refractivity (Wildman–Crippen MR) is 110 cm³/mol. The maximum atomic E-state index is 12.9. The van der Waals surface area contributed by atoms with Gasteiger partial charge in [0.25, 0.3) is 0 Å². The van der Waals surface area contributed by atoms with Crippen molar-refractivity contribution in [3.05, 3.63) is 59.2 Å². The van der Waals surface area contributed by atoms with E-state index in [9.17, 15) is 9.59 Å². The zero-order valence-corrected chi connectivity index (χ0v) is 16.8. The molecule has 1 aliphatic rings. The summed E-state index contributed by atoms with van der Waals surface area (Å²) in [6, 6.07) is 13.8. The molecule has 2 amide bonds. The van der Waals surface area contributed by atoms with E-state index in [1.807, 2.05) is 42.5 Å². The lowest BCUT2D eigenvalue weighted by molar-refractivity contribution is -0.128. The van der Waals surface area contributed by atoms with Gasteiger partial charge in [0, 0.05) is 30.8 Å². The number of methoxy groups -OCH3 is 1. The minimum atomic E-state index is -0.336. The first-order valence-electron chi connectivity index (χ1n) is 9.88. The Kier molecular flexibility index (Phi) is 6.34. The predicted octanol–water partition coefficient (Wildman–Crippen LogP) is 3.81. The highest BCUT2D eigenvalue weighted by molar-refractivity contribution is 5.98. The first-order chi connectivity index (χ1) is 13.6. The van der Waals surface area contributed by atoms with Crippen LogP contribution >= 0.6 is 0 Å². The molecule has 5 nitrogen and oxygen atoms in total. The molecule has 1 N–H and O–H groups in total. The molecule has 1 aliphatic heterocycles. The van der Waals surface area contributed by atoms with Gasteiger partial charge in [-0.1, -0.05) is 50.2 Å². The van der Waals surface area contributed by atoms with Crippen LogP contribution in [-0.2, 0) is 29.0 Å². The molecular formula is C23H28N2O3. The molecule has 0 spiro atoms. The molecule has 28 heavy (non-hydrogen) atoms. The highest BCUT2D eigenvalue weighted by Crippen LogP contribution is 2.27. The number of nitrogens with one attached hydrogen (secondary N) is 1. The third-order valence-electron chi connectivity index (χ3n) is 5.39. The van der Waals surface area contributed by atoms with E-state index >= 15 is 0 Å². The average molecular weight is 380 g/mol. The molecule has 0 aliphatic carbocycles. The van der Waals surface area contributed by atoms with E-state index < -0.39 is 0 Å². The molecule has 1 heterocycles. The summed E-state index contributed by atoms with van der Waals surface area (Å²) in [5.41, 5.74) is 4.11. The quantitative estimate of drug-likeness (QED) is 0.795. The third kappa shape index (κ3) is 4.19. The largest absolute Gasteiger partial charge is 0.496 e. The second-order valence-corrected chi connectivity index (χ2v) is 7.13. The van der Waals surface area contributed by atoms with E-state index in [0.29, 0.717) is 13.1 Å². The van der Waals surface area contributed by atoms with Crippen molar-refractivity contribution >= 4 is 17.5 Å². The standard InChI is InChI=1S/C23H28N2O3/c1-4-16-10-8-11-17(5-2)22(16)24-23(27)19-13-21(26)25(15-19)14-18-9-6-7-12-20(18)28-3/h6-12,19H,4-5,13-15H2,1-3H3,(H,24,27). The first kappa shape index (κ1) is 19.9. The third-order valence-corrected chi connectivity index (χ3v) is 5.39. The van der Waals surface area contributed by atoms with Crippen LogP contribution in [-0.4, -0.2) is 30.4 Å². The highest BCUT2D eigenvalue weighted by atomic mass is 16.5. The highest BCUT2D eigenvalue weighted by Gasteiger charge is 2.35. The van der Waals surface area contributed by atoms with Gasteiger partial charge in [0.2, 0.25) is 11.8 Å². The van der Waals surface area contributed by atoms with E-state index in [-0.39, 0.29) is 24.2 Å². The summed E-state index contributed by atoms with van der Waals surface area (Å²) in [5, 5.41) is 3.11. The molecule has 1 saturated heterocycles. The minimum absolute atomic E-state index is 0.00514.